The summed E-state index contributed by atoms with van der Waals surface area (Å²) < 4.78 is 26.9. The van der Waals surface area contributed by atoms with Gasteiger partial charge >= 0.3 is 0 Å². The third-order valence-electron chi connectivity index (χ3n) is 4.27. The van der Waals surface area contributed by atoms with Gasteiger partial charge in [0, 0.05) is 17.6 Å². The first-order valence-electron chi connectivity index (χ1n) is 7.31. The smallest absolute Gasteiger partial charge is 0.128 e. The first-order chi connectivity index (χ1) is 9.10. The number of hydrogen-bond donors (Lipinski definition) is 1. The van der Waals surface area contributed by atoms with Gasteiger partial charge < -0.3 is 5.32 Å². The Labute approximate surface area is 114 Å². The van der Waals surface area contributed by atoms with E-state index < -0.39 is 0 Å². The molecule has 1 aliphatic rings. The highest BCUT2D eigenvalue weighted by molar-refractivity contribution is 5.22. The molecule has 3 atom stereocenters. The largest absolute Gasteiger partial charge is 0.307 e. The molecule has 0 aromatic heterocycles. The molecule has 0 amide bonds. The van der Waals surface area contributed by atoms with Crippen LogP contribution >= 0.6 is 0 Å². The van der Waals surface area contributed by atoms with Crippen molar-refractivity contribution in [3.63, 3.8) is 0 Å². The molecule has 0 radical (unpaired) electrons. The summed E-state index contributed by atoms with van der Waals surface area (Å²) in [6.45, 7) is 4.14. The van der Waals surface area contributed by atoms with Gasteiger partial charge in [-0.1, -0.05) is 26.2 Å². The van der Waals surface area contributed by atoms with Crippen molar-refractivity contribution in [1.29, 1.82) is 0 Å². The van der Waals surface area contributed by atoms with Crippen molar-refractivity contribution in [1.82, 2.24) is 5.32 Å². The van der Waals surface area contributed by atoms with E-state index in [-0.39, 0.29) is 17.7 Å². The standard InChI is InChI=1S/C16H23F2N/c1-3-12-5-4-6-14(9-12)19-11(2)15-10-13(17)7-8-16(15)18/h7-8,10-12,14,19H,3-6,9H2,1-2H3. The van der Waals surface area contributed by atoms with E-state index in [0.29, 0.717) is 11.6 Å². The lowest BCUT2D eigenvalue weighted by Crippen LogP contribution is -2.36. The molecule has 0 heterocycles. The molecule has 0 saturated heterocycles. The minimum atomic E-state index is -0.375. The van der Waals surface area contributed by atoms with E-state index >= 15 is 0 Å². The molecule has 106 valence electrons. The van der Waals surface area contributed by atoms with Crippen LogP contribution in [-0.2, 0) is 0 Å². The number of halogens is 2. The van der Waals surface area contributed by atoms with E-state index in [1.807, 2.05) is 6.92 Å². The number of rotatable bonds is 4. The third kappa shape index (κ3) is 3.75. The Bertz CT molecular complexity index is 419. The number of benzene rings is 1. The zero-order valence-electron chi connectivity index (χ0n) is 11.8. The van der Waals surface area contributed by atoms with Crippen molar-refractivity contribution < 1.29 is 8.78 Å². The van der Waals surface area contributed by atoms with E-state index in [2.05, 4.69) is 12.2 Å². The van der Waals surface area contributed by atoms with Crippen molar-refractivity contribution in [2.24, 2.45) is 5.92 Å². The van der Waals surface area contributed by atoms with Crippen LogP contribution in [0.5, 0.6) is 0 Å². The van der Waals surface area contributed by atoms with Crippen LogP contribution in [-0.4, -0.2) is 6.04 Å². The second kappa shape index (κ2) is 6.47. The maximum absolute atomic E-state index is 13.7. The second-order valence-electron chi connectivity index (χ2n) is 5.69. The lowest BCUT2D eigenvalue weighted by atomic mass is 9.84. The molecule has 1 aromatic rings. The fourth-order valence-electron chi connectivity index (χ4n) is 3.10. The fourth-order valence-corrected chi connectivity index (χ4v) is 3.10. The number of hydrogen-bond acceptors (Lipinski definition) is 1. The maximum atomic E-state index is 13.7. The summed E-state index contributed by atoms with van der Waals surface area (Å²) in [5, 5.41) is 3.46. The van der Waals surface area contributed by atoms with Crippen LogP contribution in [0.1, 0.15) is 57.6 Å². The van der Waals surface area contributed by atoms with Gasteiger partial charge in [0.05, 0.1) is 0 Å². The quantitative estimate of drug-likeness (QED) is 0.841. The Morgan fingerprint density at radius 3 is 2.84 bits per heavy atom. The SMILES string of the molecule is CCC1CCCC(NC(C)c2cc(F)ccc2F)C1. The van der Waals surface area contributed by atoms with Crippen LogP contribution in [0.4, 0.5) is 8.78 Å². The molecule has 0 spiro atoms. The summed E-state index contributed by atoms with van der Waals surface area (Å²) in [4.78, 5) is 0. The van der Waals surface area contributed by atoms with Gasteiger partial charge in [0.1, 0.15) is 11.6 Å². The van der Waals surface area contributed by atoms with Crippen molar-refractivity contribution in [2.45, 2.75) is 58.0 Å². The predicted octanol–water partition coefficient (Wildman–Crippen LogP) is 4.58. The van der Waals surface area contributed by atoms with E-state index in [4.69, 9.17) is 0 Å². The summed E-state index contributed by atoms with van der Waals surface area (Å²) in [6, 6.07) is 3.96. The lowest BCUT2D eigenvalue weighted by Gasteiger charge is -2.31. The van der Waals surface area contributed by atoms with Gasteiger partial charge in [-0.15, -0.1) is 0 Å². The molecule has 1 N–H and O–H groups in total. The first-order valence-corrected chi connectivity index (χ1v) is 7.31. The van der Waals surface area contributed by atoms with Gasteiger partial charge in [-0.05, 0) is 43.9 Å². The minimum Gasteiger partial charge on any atom is -0.307 e. The second-order valence-corrected chi connectivity index (χ2v) is 5.69. The van der Waals surface area contributed by atoms with Gasteiger partial charge in [0.2, 0.25) is 0 Å². The molecule has 1 saturated carbocycles. The summed E-state index contributed by atoms with van der Waals surface area (Å²) in [5.74, 6) is 0.0696. The monoisotopic (exact) mass is 267 g/mol. The molecule has 0 bridgehead atoms. The van der Waals surface area contributed by atoms with Gasteiger partial charge in [-0.3, -0.25) is 0 Å². The minimum absolute atomic E-state index is 0.142. The van der Waals surface area contributed by atoms with Crippen LogP contribution in [0.3, 0.4) is 0 Å². The molecule has 3 heteroatoms. The molecule has 19 heavy (non-hydrogen) atoms. The van der Waals surface area contributed by atoms with Gasteiger partial charge in [-0.2, -0.15) is 0 Å². The maximum Gasteiger partial charge on any atom is 0.128 e. The van der Waals surface area contributed by atoms with E-state index in [1.165, 1.54) is 37.5 Å². The number of nitrogens with one attached hydrogen (secondary N) is 1. The van der Waals surface area contributed by atoms with Crippen molar-refractivity contribution in [2.75, 3.05) is 0 Å². The molecule has 1 nitrogen and oxygen atoms in total. The highest BCUT2D eigenvalue weighted by Gasteiger charge is 2.23. The van der Waals surface area contributed by atoms with Crippen molar-refractivity contribution in [3.8, 4) is 0 Å². The Morgan fingerprint density at radius 2 is 2.11 bits per heavy atom. The molecular weight excluding hydrogens is 244 g/mol. The summed E-state index contributed by atoms with van der Waals surface area (Å²) >= 11 is 0. The molecule has 3 unspecified atom stereocenters. The average molecular weight is 267 g/mol. The molecule has 1 aromatic carbocycles. The topological polar surface area (TPSA) is 12.0 Å². The first kappa shape index (κ1) is 14.4. The van der Waals surface area contributed by atoms with Gasteiger partial charge in [0.15, 0.2) is 0 Å². The van der Waals surface area contributed by atoms with Gasteiger partial charge in [-0.25, -0.2) is 8.78 Å². The van der Waals surface area contributed by atoms with E-state index in [0.717, 1.165) is 18.8 Å². The fraction of sp³-hybridized carbons (Fsp3) is 0.625. The van der Waals surface area contributed by atoms with Gasteiger partial charge in [0.25, 0.3) is 0 Å². The zero-order valence-corrected chi connectivity index (χ0v) is 11.8. The highest BCUT2D eigenvalue weighted by Crippen LogP contribution is 2.28. The Morgan fingerprint density at radius 1 is 1.32 bits per heavy atom. The predicted molar refractivity (Wildman–Crippen MR) is 73.9 cm³/mol. The normalized spacial score (nSPS) is 25.3. The van der Waals surface area contributed by atoms with Crippen LogP contribution in [0.15, 0.2) is 18.2 Å². The molecular formula is C16H23F2N. The lowest BCUT2D eigenvalue weighted by molar-refractivity contribution is 0.264. The van der Waals surface area contributed by atoms with Crippen LogP contribution in [0, 0.1) is 17.6 Å². The molecule has 1 aliphatic carbocycles. The molecule has 0 aliphatic heterocycles. The Hall–Kier alpha value is -0.960. The summed E-state index contributed by atoms with van der Waals surface area (Å²) in [7, 11) is 0. The summed E-state index contributed by atoms with van der Waals surface area (Å²) in [5.41, 5.74) is 0.429. The Kier molecular flexibility index (Phi) is 4.92. The zero-order chi connectivity index (χ0) is 13.8. The van der Waals surface area contributed by atoms with Crippen molar-refractivity contribution >= 4 is 0 Å². The summed E-state index contributed by atoms with van der Waals surface area (Å²) in [6.07, 6.45) is 6.03. The van der Waals surface area contributed by atoms with E-state index in [9.17, 15) is 8.78 Å². The highest BCUT2D eigenvalue weighted by atomic mass is 19.1. The van der Waals surface area contributed by atoms with E-state index in [1.54, 1.807) is 0 Å². The van der Waals surface area contributed by atoms with Crippen molar-refractivity contribution in [3.05, 3.63) is 35.4 Å². The molecule has 1 fully saturated rings. The average Bonchev–Trinajstić information content (AvgIpc) is 2.41. The molecule has 2 rings (SSSR count). The van der Waals surface area contributed by atoms with Crippen LogP contribution in [0.2, 0.25) is 0 Å². The Balaban J connectivity index is 2.00. The van der Waals surface area contributed by atoms with Crippen LogP contribution in [0.25, 0.3) is 0 Å². The third-order valence-corrected chi connectivity index (χ3v) is 4.27. The van der Waals surface area contributed by atoms with Crippen LogP contribution < -0.4 is 5.32 Å².